The van der Waals surface area contributed by atoms with Gasteiger partial charge in [-0.2, -0.15) is 0 Å². The van der Waals surface area contributed by atoms with Gasteiger partial charge in [0.15, 0.2) is 0 Å². The van der Waals surface area contributed by atoms with Crippen molar-refractivity contribution < 1.29 is 225 Å². The van der Waals surface area contributed by atoms with Crippen LogP contribution in [0.5, 0.6) is 0 Å². The van der Waals surface area contributed by atoms with Crippen LogP contribution in [0.2, 0.25) is 0 Å². The fourth-order valence-corrected chi connectivity index (χ4v) is 0.306. The van der Waals surface area contributed by atoms with Crippen molar-refractivity contribution in [2.45, 2.75) is 0 Å². The summed E-state index contributed by atoms with van der Waals surface area (Å²) in [7, 11) is -5.03. The molecule has 42 valence electrons. The Balaban J connectivity index is -0.0000000600. The zero-order valence-electron chi connectivity index (χ0n) is 6.42. The molecule has 0 unspecified atom stereocenters. The fraction of sp³-hybridized carbons (Fsp3) is 0. The Hall–Kier alpha value is 5.79. The van der Waals surface area contributed by atoms with E-state index in [1.807, 2.05) is 0 Å². The van der Waals surface area contributed by atoms with Crippen LogP contribution in [-0.4, -0.2) is 9.05 Å². The first kappa shape index (κ1) is 24.8. The normalized spacial score (nSPS) is 7.50. The molecule has 0 aliphatic rings. The quantitative estimate of drug-likeness (QED) is 0.269. The van der Waals surface area contributed by atoms with Crippen LogP contribution in [0.25, 0.3) is 0 Å². The second-order valence-electron chi connectivity index (χ2n) is 0.785. The summed E-state index contributed by atoms with van der Waals surface area (Å²) in [5.41, 5.74) is 0. The van der Waals surface area contributed by atoms with Crippen LogP contribution in [0.4, 0.5) is 0 Å². The zero-order valence-corrected chi connectivity index (χ0v) is 26.3. The number of hydrogen-bond acceptors (Lipinski definition) is 4. The van der Waals surface area contributed by atoms with Gasteiger partial charge in [-0.15, -0.1) is 0 Å². The molecule has 0 aromatic heterocycles. The van der Waals surface area contributed by atoms with E-state index in [-0.39, 0.29) is 207 Å². The first-order valence-corrected chi connectivity index (χ1v) is 3.09. The van der Waals surface area contributed by atoms with Crippen molar-refractivity contribution in [2.24, 2.45) is 0 Å². The molecule has 0 atom stereocenters. The van der Waals surface area contributed by atoms with Gasteiger partial charge in [0.25, 0.3) is 0 Å². The molecule has 0 amide bonds. The van der Waals surface area contributed by atoms with E-state index in [1.165, 1.54) is 0 Å². The van der Waals surface area contributed by atoms with Crippen LogP contribution in [0.15, 0.2) is 12.8 Å². The Morgan fingerprint density at radius 3 is 1.40 bits per heavy atom. The Bertz CT molecular complexity index is 73.4. The monoisotopic (exact) mass is 518 g/mol. The molecule has 0 rings (SSSR count). The first-order chi connectivity index (χ1) is 3.06. The van der Waals surface area contributed by atoms with E-state index >= 15 is 0 Å². The van der Waals surface area contributed by atoms with Gasteiger partial charge in [0.1, 0.15) is 0 Å². The maximum absolute atomic E-state index is 9.44. The largest absolute Gasteiger partial charge is 1.00 e. The van der Waals surface area contributed by atoms with E-state index in [0.717, 1.165) is 0 Å². The van der Waals surface area contributed by atoms with E-state index in [1.54, 1.807) is 0 Å². The molecule has 10 heavy (non-hydrogen) atoms. The molecule has 0 saturated heterocycles. The van der Waals surface area contributed by atoms with Crippen LogP contribution in [0.3, 0.4) is 0 Å². The second-order valence-corrected chi connectivity index (χ2v) is 2.02. The van der Waals surface area contributed by atoms with Gasteiger partial charge in [-0.1, -0.05) is 6.58 Å². The van der Waals surface area contributed by atoms with Gasteiger partial charge in [-0.3, -0.25) is 0 Å². The molecule has 0 radical (unpaired) electrons. The molecule has 0 heterocycles. The summed E-state index contributed by atoms with van der Waals surface area (Å²) < 4.78 is 3.47. The molecule has 0 fully saturated rings. The fourth-order valence-electron chi connectivity index (χ4n) is 0.102. The standard InChI is InChI=1S/C2H3O4Si.3Cs/c1-2-6-7(3,4)5;;;/h2H,1H2;;;/q-3;3*+1. The van der Waals surface area contributed by atoms with Crippen molar-refractivity contribution in [1.82, 2.24) is 0 Å². The topological polar surface area (TPSA) is 78.4 Å². The summed E-state index contributed by atoms with van der Waals surface area (Å²) in [5, 5.41) is 0. The summed E-state index contributed by atoms with van der Waals surface area (Å²) >= 11 is 0. The Kier molecular flexibility index (Phi) is 36.8. The molecule has 4 nitrogen and oxygen atoms in total. The Labute approximate surface area is 238 Å². The summed E-state index contributed by atoms with van der Waals surface area (Å²) in [6, 6.07) is 0. The molecule has 8 heteroatoms. The van der Waals surface area contributed by atoms with E-state index in [4.69, 9.17) is 0 Å². The van der Waals surface area contributed by atoms with Gasteiger partial charge < -0.3 is 18.8 Å². The van der Waals surface area contributed by atoms with Gasteiger partial charge in [-0.05, 0) is 9.05 Å². The third kappa shape index (κ3) is 23.5. The third-order valence-corrected chi connectivity index (χ3v) is 0.683. The summed E-state index contributed by atoms with van der Waals surface area (Å²) in [6.45, 7) is 2.86. The van der Waals surface area contributed by atoms with E-state index < -0.39 is 9.05 Å². The van der Waals surface area contributed by atoms with E-state index in [9.17, 15) is 14.4 Å². The predicted octanol–water partition coefficient (Wildman–Crippen LogP) is -12.3. The molecule has 0 bridgehead atoms. The zero-order chi connectivity index (χ0) is 5.91. The predicted molar refractivity (Wildman–Crippen MR) is 17.0 cm³/mol. The Morgan fingerprint density at radius 1 is 1.10 bits per heavy atom. The summed E-state index contributed by atoms with van der Waals surface area (Å²) in [6.07, 6.45) is 0.583. The van der Waals surface area contributed by atoms with Crippen LogP contribution in [0.1, 0.15) is 0 Å². The maximum Gasteiger partial charge on any atom is 1.00 e. The molecule has 0 aromatic carbocycles. The third-order valence-electron chi connectivity index (χ3n) is 0.228. The van der Waals surface area contributed by atoms with Gasteiger partial charge in [0.2, 0.25) is 0 Å². The average molecular weight is 518 g/mol. The number of hydrogen-bond donors (Lipinski definition) is 0. The molecular formula is C2H3Cs3O4Si. The second kappa shape index (κ2) is 14.8. The van der Waals surface area contributed by atoms with Crippen molar-refractivity contribution in [3.05, 3.63) is 12.8 Å². The molecule has 0 saturated carbocycles. The van der Waals surface area contributed by atoms with Crippen molar-refractivity contribution >= 4 is 9.05 Å². The van der Waals surface area contributed by atoms with E-state index in [2.05, 4.69) is 11.0 Å². The van der Waals surface area contributed by atoms with Crippen molar-refractivity contribution in [3.63, 3.8) is 0 Å². The van der Waals surface area contributed by atoms with Gasteiger partial charge in [-0.25, -0.2) is 0 Å². The van der Waals surface area contributed by atoms with Crippen molar-refractivity contribution in [2.75, 3.05) is 0 Å². The first-order valence-electron chi connectivity index (χ1n) is 1.46. The molecular weight excluding hydrogens is 515 g/mol. The van der Waals surface area contributed by atoms with Crippen LogP contribution < -0.4 is 221 Å². The molecule has 0 aromatic rings. The van der Waals surface area contributed by atoms with Crippen LogP contribution >= 0.6 is 0 Å². The van der Waals surface area contributed by atoms with Crippen molar-refractivity contribution in [1.29, 1.82) is 0 Å². The average Bonchev–Trinajstić information content (AvgIpc) is 1.30. The molecule has 0 N–H and O–H groups in total. The minimum absolute atomic E-state index is 0. The molecule has 0 spiro atoms. The SMILES string of the molecule is C=CO[Si]([O-])([O-])[O-].[Cs+].[Cs+].[Cs+]. The van der Waals surface area contributed by atoms with Crippen LogP contribution in [0, 0.1) is 0 Å². The summed E-state index contributed by atoms with van der Waals surface area (Å²) in [4.78, 5) is 28.3. The minimum Gasteiger partial charge on any atom is -0.851 e. The smallest absolute Gasteiger partial charge is 0.851 e. The van der Waals surface area contributed by atoms with Gasteiger partial charge in [0.05, 0.1) is 6.26 Å². The van der Waals surface area contributed by atoms with Crippen LogP contribution in [-0.2, 0) is 4.43 Å². The van der Waals surface area contributed by atoms with Gasteiger partial charge in [0, 0.05) is 0 Å². The molecule has 0 aliphatic carbocycles. The van der Waals surface area contributed by atoms with E-state index in [0.29, 0.717) is 6.26 Å². The summed E-state index contributed by atoms with van der Waals surface area (Å²) in [5.74, 6) is 0. The minimum atomic E-state index is -5.03. The number of rotatable bonds is 2. The van der Waals surface area contributed by atoms with Gasteiger partial charge >= 0.3 is 207 Å². The van der Waals surface area contributed by atoms with Crippen molar-refractivity contribution in [3.8, 4) is 0 Å². The maximum atomic E-state index is 9.44. The molecule has 0 aliphatic heterocycles. The Morgan fingerprint density at radius 2 is 1.40 bits per heavy atom.